The third kappa shape index (κ3) is 27.6. The molecule has 0 fully saturated rings. The summed E-state index contributed by atoms with van der Waals surface area (Å²) >= 11 is 0. The first-order valence-electron chi connectivity index (χ1n) is 15.8. The van der Waals surface area contributed by atoms with E-state index in [0.29, 0.717) is 6.42 Å². The highest BCUT2D eigenvalue weighted by Gasteiger charge is 2.14. The van der Waals surface area contributed by atoms with Gasteiger partial charge in [-0.25, -0.2) is 0 Å². The molecule has 35 heavy (non-hydrogen) atoms. The van der Waals surface area contributed by atoms with Crippen LogP contribution in [0.15, 0.2) is 0 Å². The van der Waals surface area contributed by atoms with Crippen LogP contribution in [-0.4, -0.2) is 18.4 Å². The summed E-state index contributed by atoms with van der Waals surface area (Å²) < 4.78 is 5.58. The number of hydrogen-bond donors (Lipinski definition) is 0. The Hall–Kier alpha value is -0.860. The van der Waals surface area contributed by atoms with Crippen molar-refractivity contribution in [2.75, 3.05) is 0 Å². The molecule has 3 heteroatoms. The topological polar surface area (TPSA) is 43.4 Å². The number of rotatable bonds is 29. The smallest absolute Gasteiger partial charge is 0.306 e. The van der Waals surface area contributed by atoms with Crippen LogP contribution in [0.3, 0.4) is 0 Å². The Morgan fingerprint density at radius 2 is 0.886 bits per heavy atom. The van der Waals surface area contributed by atoms with Gasteiger partial charge >= 0.3 is 5.97 Å². The molecule has 0 bridgehead atoms. The lowest BCUT2D eigenvalue weighted by atomic mass is 10.0. The summed E-state index contributed by atoms with van der Waals surface area (Å²) in [5.41, 5.74) is 0. The second-order valence-corrected chi connectivity index (χ2v) is 10.8. The van der Waals surface area contributed by atoms with Crippen LogP contribution in [-0.2, 0) is 14.3 Å². The van der Waals surface area contributed by atoms with Crippen LogP contribution in [0.25, 0.3) is 0 Å². The quantitative estimate of drug-likeness (QED) is 0.0768. The van der Waals surface area contributed by atoms with Crippen LogP contribution in [0.4, 0.5) is 0 Å². The van der Waals surface area contributed by atoms with E-state index in [1.165, 1.54) is 135 Å². The molecule has 207 valence electrons. The minimum atomic E-state index is -0.263. The van der Waals surface area contributed by atoms with Gasteiger partial charge in [-0.2, -0.15) is 0 Å². The van der Waals surface area contributed by atoms with E-state index in [2.05, 4.69) is 13.8 Å². The Kier molecular flexibility index (Phi) is 28.6. The third-order valence-corrected chi connectivity index (χ3v) is 7.22. The van der Waals surface area contributed by atoms with Crippen LogP contribution in [0.5, 0.6) is 0 Å². The summed E-state index contributed by atoms with van der Waals surface area (Å²) in [5.74, 6) is -0.129. The Bertz CT molecular complexity index is 435. The van der Waals surface area contributed by atoms with Crippen molar-refractivity contribution in [3.63, 3.8) is 0 Å². The number of carbonyl (C=O) groups excluding carboxylic acids is 2. The largest absolute Gasteiger partial charge is 0.462 e. The zero-order chi connectivity index (χ0) is 25.7. The molecule has 0 heterocycles. The molecule has 0 amide bonds. The van der Waals surface area contributed by atoms with Crippen molar-refractivity contribution in [1.82, 2.24) is 0 Å². The van der Waals surface area contributed by atoms with Gasteiger partial charge < -0.3 is 4.74 Å². The summed E-state index contributed by atoms with van der Waals surface area (Å²) in [5, 5.41) is 0. The molecule has 0 rings (SSSR count). The Labute approximate surface area is 219 Å². The molecular weight excluding hydrogens is 432 g/mol. The molecule has 1 radical (unpaired) electrons. The maximum Gasteiger partial charge on any atom is 0.306 e. The summed E-state index contributed by atoms with van der Waals surface area (Å²) in [6, 6.07) is 0. The fourth-order valence-electron chi connectivity index (χ4n) is 4.86. The second-order valence-electron chi connectivity index (χ2n) is 10.8. The normalized spacial score (nSPS) is 12.1. The fourth-order valence-corrected chi connectivity index (χ4v) is 4.86. The van der Waals surface area contributed by atoms with E-state index < -0.39 is 0 Å². The zero-order valence-electron chi connectivity index (χ0n) is 23.9. The SMILES string of the molecule is CCCCCCCCCCCCCCCCCC(=O)OC(C[C]=O)CCCCCCCCCCC. The zero-order valence-corrected chi connectivity index (χ0v) is 23.9. The number of hydrogen-bond acceptors (Lipinski definition) is 3. The van der Waals surface area contributed by atoms with Gasteiger partial charge in [0.1, 0.15) is 6.10 Å². The summed E-state index contributed by atoms with van der Waals surface area (Å²) in [6.07, 6.45) is 34.5. The van der Waals surface area contributed by atoms with E-state index >= 15 is 0 Å². The van der Waals surface area contributed by atoms with Crippen molar-refractivity contribution in [3.8, 4) is 0 Å². The van der Waals surface area contributed by atoms with Gasteiger partial charge in [0.2, 0.25) is 6.29 Å². The third-order valence-electron chi connectivity index (χ3n) is 7.22. The summed E-state index contributed by atoms with van der Waals surface area (Å²) in [6.45, 7) is 4.53. The standard InChI is InChI=1S/C32H61O3/c1-3-5-7-9-11-13-14-15-16-17-18-20-22-24-26-28-32(34)35-31(29-30-33)27-25-23-21-19-12-10-8-6-4-2/h31H,3-29H2,1-2H3. The van der Waals surface area contributed by atoms with E-state index in [1.54, 1.807) is 0 Å². The van der Waals surface area contributed by atoms with Gasteiger partial charge in [-0.1, -0.05) is 155 Å². The summed E-state index contributed by atoms with van der Waals surface area (Å²) in [7, 11) is 0. The van der Waals surface area contributed by atoms with Gasteiger partial charge in [0.25, 0.3) is 0 Å². The van der Waals surface area contributed by atoms with Gasteiger partial charge in [-0.15, -0.1) is 0 Å². The van der Waals surface area contributed by atoms with Crippen molar-refractivity contribution in [3.05, 3.63) is 0 Å². The van der Waals surface area contributed by atoms with E-state index in [9.17, 15) is 9.59 Å². The van der Waals surface area contributed by atoms with E-state index in [1.807, 2.05) is 6.29 Å². The van der Waals surface area contributed by atoms with Crippen LogP contribution >= 0.6 is 0 Å². The molecule has 0 N–H and O–H groups in total. The number of carbonyl (C=O) groups is 1. The monoisotopic (exact) mass is 493 g/mol. The van der Waals surface area contributed by atoms with Crippen LogP contribution < -0.4 is 0 Å². The Morgan fingerprint density at radius 1 is 0.543 bits per heavy atom. The first-order valence-corrected chi connectivity index (χ1v) is 15.8. The van der Waals surface area contributed by atoms with E-state index in [0.717, 1.165) is 25.7 Å². The lowest BCUT2D eigenvalue weighted by molar-refractivity contribution is -0.149. The highest BCUT2D eigenvalue weighted by Crippen LogP contribution is 2.16. The van der Waals surface area contributed by atoms with Crippen molar-refractivity contribution in [1.29, 1.82) is 0 Å². The van der Waals surface area contributed by atoms with Crippen LogP contribution in [0.1, 0.15) is 187 Å². The lowest BCUT2D eigenvalue weighted by Gasteiger charge is -2.15. The summed E-state index contributed by atoms with van der Waals surface area (Å²) in [4.78, 5) is 23.0. The highest BCUT2D eigenvalue weighted by molar-refractivity contribution is 5.69. The molecule has 0 saturated carbocycles. The van der Waals surface area contributed by atoms with Crippen LogP contribution in [0, 0.1) is 0 Å². The highest BCUT2D eigenvalue weighted by atomic mass is 16.5. The average molecular weight is 494 g/mol. The first-order chi connectivity index (χ1) is 17.2. The molecule has 1 atom stereocenters. The van der Waals surface area contributed by atoms with Crippen molar-refractivity contribution >= 4 is 12.3 Å². The molecular formula is C32H61O3. The molecule has 0 saturated heterocycles. The first kappa shape index (κ1) is 34.1. The van der Waals surface area contributed by atoms with E-state index in [4.69, 9.17) is 4.74 Å². The number of esters is 1. The van der Waals surface area contributed by atoms with Crippen LogP contribution in [0.2, 0.25) is 0 Å². The molecule has 3 nitrogen and oxygen atoms in total. The Morgan fingerprint density at radius 3 is 1.26 bits per heavy atom. The van der Waals surface area contributed by atoms with E-state index in [-0.39, 0.29) is 18.5 Å². The second kappa shape index (κ2) is 29.4. The molecule has 0 aromatic rings. The van der Waals surface area contributed by atoms with Gasteiger partial charge in [-0.05, 0) is 19.3 Å². The lowest BCUT2D eigenvalue weighted by Crippen LogP contribution is -2.18. The van der Waals surface area contributed by atoms with Crippen molar-refractivity contribution in [2.24, 2.45) is 0 Å². The Balaban J connectivity index is 3.51. The fraction of sp³-hybridized carbons (Fsp3) is 0.938. The molecule has 1 unspecified atom stereocenters. The molecule has 0 spiro atoms. The minimum Gasteiger partial charge on any atom is -0.462 e. The van der Waals surface area contributed by atoms with Crippen molar-refractivity contribution in [2.45, 2.75) is 193 Å². The minimum absolute atomic E-state index is 0.129. The molecule has 0 aromatic carbocycles. The molecule has 0 aliphatic carbocycles. The molecule has 0 aliphatic heterocycles. The maximum absolute atomic E-state index is 12.2. The van der Waals surface area contributed by atoms with Gasteiger partial charge in [-0.3, -0.25) is 9.59 Å². The van der Waals surface area contributed by atoms with Gasteiger partial charge in [0.05, 0.1) is 6.42 Å². The maximum atomic E-state index is 12.2. The van der Waals surface area contributed by atoms with Gasteiger partial charge in [0, 0.05) is 6.42 Å². The van der Waals surface area contributed by atoms with Crippen molar-refractivity contribution < 1.29 is 14.3 Å². The van der Waals surface area contributed by atoms with Gasteiger partial charge in [0.15, 0.2) is 0 Å². The predicted octanol–water partition coefficient (Wildman–Crippen LogP) is 10.6. The number of ether oxygens (including phenoxy) is 1. The number of unbranched alkanes of at least 4 members (excludes halogenated alkanes) is 22. The predicted molar refractivity (Wildman–Crippen MR) is 152 cm³/mol. The molecule has 0 aliphatic rings. The molecule has 0 aromatic heterocycles. The average Bonchev–Trinajstić information content (AvgIpc) is 2.85.